The number of nitrogens with one attached hydrogen (secondary N) is 1. The van der Waals surface area contributed by atoms with Gasteiger partial charge in [-0.2, -0.15) is 10.4 Å². The molecule has 0 amide bonds. The summed E-state index contributed by atoms with van der Waals surface area (Å²) in [4.78, 5) is 4.91. The van der Waals surface area contributed by atoms with Gasteiger partial charge in [0.15, 0.2) is 5.82 Å². The smallest absolute Gasteiger partial charge is 0.166 e. The number of anilines is 1. The zero-order valence-corrected chi connectivity index (χ0v) is 8.03. The third-order valence-electron chi connectivity index (χ3n) is 1.66. The molecule has 1 rings (SSSR count). The van der Waals surface area contributed by atoms with Gasteiger partial charge in [0, 0.05) is 7.05 Å². The van der Waals surface area contributed by atoms with Crippen molar-refractivity contribution in [3.8, 4) is 18.4 Å². The van der Waals surface area contributed by atoms with Gasteiger partial charge in [0.25, 0.3) is 0 Å². The fraction of sp³-hybridized carbons (Fsp3) is 0.333. The number of hydrogen-bond donors (Lipinski definition) is 1. The maximum atomic E-state index is 8.83. The summed E-state index contributed by atoms with van der Waals surface area (Å²) in [6, 6.07) is 2.03. The van der Waals surface area contributed by atoms with Crippen LogP contribution in [0.3, 0.4) is 0 Å². The highest BCUT2D eigenvalue weighted by atomic mass is 16.6. The van der Waals surface area contributed by atoms with Crippen LogP contribution in [-0.2, 0) is 11.9 Å². The second-order valence-electron chi connectivity index (χ2n) is 2.64. The van der Waals surface area contributed by atoms with Crippen LogP contribution < -0.4 is 5.48 Å². The Hall–Kier alpha value is -1.98. The summed E-state index contributed by atoms with van der Waals surface area (Å²) in [7, 11) is 1.72. The van der Waals surface area contributed by atoms with Crippen LogP contribution in [0.5, 0.6) is 0 Å². The van der Waals surface area contributed by atoms with Crippen molar-refractivity contribution < 1.29 is 4.84 Å². The van der Waals surface area contributed by atoms with Crippen molar-refractivity contribution >= 4 is 5.82 Å². The van der Waals surface area contributed by atoms with E-state index in [4.69, 9.17) is 16.5 Å². The lowest BCUT2D eigenvalue weighted by Crippen LogP contribution is -2.07. The molecular weight excluding hydrogens is 180 g/mol. The number of nitriles is 1. The first kappa shape index (κ1) is 10.1. The molecule has 5 nitrogen and oxygen atoms in total. The SMILES string of the molecule is C#CCONc1c(C#N)c(C)nn1C. The lowest BCUT2D eigenvalue weighted by atomic mass is 10.3. The van der Waals surface area contributed by atoms with Gasteiger partial charge in [-0.1, -0.05) is 5.92 Å². The van der Waals surface area contributed by atoms with E-state index in [2.05, 4.69) is 16.5 Å². The van der Waals surface area contributed by atoms with Gasteiger partial charge in [-0.05, 0) is 6.92 Å². The number of nitrogens with zero attached hydrogens (tertiary/aromatic N) is 3. The number of terminal acetylenes is 1. The standard InChI is InChI=1S/C9H10N4O/c1-4-5-14-12-9-8(6-10)7(2)11-13(9)3/h1,12H,5H2,2-3H3. The van der Waals surface area contributed by atoms with Crippen molar-refractivity contribution in [3.05, 3.63) is 11.3 Å². The van der Waals surface area contributed by atoms with E-state index in [1.54, 1.807) is 14.0 Å². The summed E-state index contributed by atoms with van der Waals surface area (Å²) in [6.45, 7) is 1.89. The number of aryl methyl sites for hydroxylation is 2. The fourth-order valence-corrected chi connectivity index (χ4v) is 1.06. The van der Waals surface area contributed by atoms with E-state index in [1.165, 1.54) is 4.68 Å². The number of aromatic nitrogens is 2. The highest BCUT2D eigenvalue weighted by Crippen LogP contribution is 2.16. The Kier molecular flexibility index (Phi) is 3.11. The van der Waals surface area contributed by atoms with Crippen LogP contribution in [0.25, 0.3) is 0 Å². The first-order chi connectivity index (χ1) is 6.70. The van der Waals surface area contributed by atoms with Crippen LogP contribution in [0.4, 0.5) is 5.82 Å². The summed E-state index contributed by atoms with van der Waals surface area (Å²) in [5.41, 5.74) is 3.71. The quantitative estimate of drug-likeness (QED) is 0.430. The van der Waals surface area contributed by atoms with Crippen LogP contribution in [0.2, 0.25) is 0 Å². The summed E-state index contributed by atoms with van der Waals surface area (Å²) < 4.78 is 1.53. The van der Waals surface area contributed by atoms with Crippen molar-refractivity contribution in [3.63, 3.8) is 0 Å². The van der Waals surface area contributed by atoms with E-state index in [-0.39, 0.29) is 6.61 Å². The van der Waals surface area contributed by atoms with E-state index >= 15 is 0 Å². The predicted octanol–water partition coefficient (Wildman–Crippen LogP) is 0.577. The first-order valence-corrected chi connectivity index (χ1v) is 3.95. The molecule has 1 aromatic heterocycles. The molecule has 0 fully saturated rings. The van der Waals surface area contributed by atoms with E-state index in [9.17, 15) is 0 Å². The van der Waals surface area contributed by atoms with Gasteiger partial charge in [0.1, 0.15) is 18.2 Å². The summed E-state index contributed by atoms with van der Waals surface area (Å²) in [6.07, 6.45) is 5.00. The van der Waals surface area contributed by atoms with Crippen molar-refractivity contribution in [2.75, 3.05) is 12.1 Å². The summed E-state index contributed by atoms with van der Waals surface area (Å²) in [5, 5.41) is 12.9. The molecule has 0 aliphatic carbocycles. The Labute approximate surface area is 82.2 Å². The zero-order chi connectivity index (χ0) is 10.6. The second kappa shape index (κ2) is 4.31. The van der Waals surface area contributed by atoms with Gasteiger partial charge in [0.05, 0.1) is 5.69 Å². The molecule has 0 spiro atoms. The van der Waals surface area contributed by atoms with Crippen LogP contribution >= 0.6 is 0 Å². The van der Waals surface area contributed by atoms with E-state index in [1.807, 2.05) is 6.07 Å². The third-order valence-corrected chi connectivity index (χ3v) is 1.66. The number of hydrogen-bond acceptors (Lipinski definition) is 4. The molecule has 0 aliphatic heterocycles. The average molecular weight is 190 g/mol. The third kappa shape index (κ3) is 1.85. The van der Waals surface area contributed by atoms with Gasteiger partial charge in [-0.15, -0.1) is 6.42 Å². The molecule has 1 aromatic rings. The molecule has 0 aromatic carbocycles. The molecule has 0 radical (unpaired) electrons. The lowest BCUT2D eigenvalue weighted by Gasteiger charge is -2.04. The van der Waals surface area contributed by atoms with Crippen molar-refractivity contribution in [2.45, 2.75) is 6.92 Å². The monoisotopic (exact) mass is 190 g/mol. The van der Waals surface area contributed by atoms with Gasteiger partial charge < -0.3 is 0 Å². The van der Waals surface area contributed by atoms with Gasteiger partial charge in [-0.3, -0.25) is 4.84 Å². The van der Waals surface area contributed by atoms with Crippen molar-refractivity contribution in [1.82, 2.24) is 9.78 Å². The highest BCUT2D eigenvalue weighted by Gasteiger charge is 2.11. The van der Waals surface area contributed by atoms with Gasteiger partial charge >= 0.3 is 0 Å². The molecule has 14 heavy (non-hydrogen) atoms. The number of rotatable bonds is 3. The molecule has 0 saturated carbocycles. The molecule has 0 atom stereocenters. The molecule has 0 unspecified atom stereocenters. The molecule has 0 aliphatic rings. The molecule has 1 heterocycles. The molecule has 0 saturated heterocycles. The van der Waals surface area contributed by atoms with Crippen molar-refractivity contribution in [1.29, 1.82) is 5.26 Å². The van der Waals surface area contributed by atoms with E-state index in [0.29, 0.717) is 17.1 Å². The van der Waals surface area contributed by atoms with Crippen LogP contribution in [0.1, 0.15) is 11.3 Å². The minimum atomic E-state index is 0.134. The van der Waals surface area contributed by atoms with Crippen molar-refractivity contribution in [2.24, 2.45) is 7.05 Å². The summed E-state index contributed by atoms with van der Waals surface area (Å²) >= 11 is 0. The maximum Gasteiger partial charge on any atom is 0.166 e. The Morgan fingerprint density at radius 2 is 2.43 bits per heavy atom. The Morgan fingerprint density at radius 3 is 3.00 bits per heavy atom. The summed E-state index contributed by atoms with van der Waals surface area (Å²) in [5.74, 6) is 2.82. The van der Waals surface area contributed by atoms with Gasteiger partial charge in [-0.25, -0.2) is 10.2 Å². The highest BCUT2D eigenvalue weighted by molar-refractivity contribution is 5.53. The van der Waals surface area contributed by atoms with Gasteiger partial charge in [0.2, 0.25) is 0 Å². The fourth-order valence-electron chi connectivity index (χ4n) is 1.06. The largest absolute Gasteiger partial charge is 0.262 e. The normalized spacial score (nSPS) is 9.14. The Morgan fingerprint density at radius 1 is 1.71 bits per heavy atom. The van der Waals surface area contributed by atoms with Crippen LogP contribution in [0, 0.1) is 30.6 Å². The van der Waals surface area contributed by atoms with Crippen LogP contribution in [-0.4, -0.2) is 16.4 Å². The zero-order valence-electron chi connectivity index (χ0n) is 8.03. The second-order valence-corrected chi connectivity index (χ2v) is 2.64. The molecule has 5 heteroatoms. The molecule has 0 bridgehead atoms. The Balaban J connectivity index is 2.86. The Bertz CT molecular complexity index is 408. The molecule has 1 N–H and O–H groups in total. The van der Waals surface area contributed by atoms with E-state index in [0.717, 1.165) is 0 Å². The van der Waals surface area contributed by atoms with E-state index < -0.39 is 0 Å². The average Bonchev–Trinajstić information content (AvgIpc) is 2.42. The minimum absolute atomic E-state index is 0.134. The lowest BCUT2D eigenvalue weighted by molar-refractivity contribution is 0.230. The molecule has 72 valence electrons. The predicted molar refractivity (Wildman–Crippen MR) is 51.1 cm³/mol. The topological polar surface area (TPSA) is 62.9 Å². The van der Waals surface area contributed by atoms with Crippen LogP contribution in [0.15, 0.2) is 0 Å². The maximum absolute atomic E-state index is 8.83. The first-order valence-electron chi connectivity index (χ1n) is 3.95. The molecular formula is C9H10N4O. The minimum Gasteiger partial charge on any atom is -0.262 e.